The normalized spacial score (nSPS) is 21.1. The van der Waals surface area contributed by atoms with E-state index in [1.165, 1.54) is 5.41 Å². The Bertz CT molecular complexity index is 766. The molecule has 2 rings (SSSR count). The highest BCUT2D eigenvalue weighted by molar-refractivity contribution is 7.92. The molecule has 1 aromatic carbocycles. The highest BCUT2D eigenvalue weighted by Gasteiger charge is 2.23. The summed E-state index contributed by atoms with van der Waals surface area (Å²) in [5, 5.41) is 9.88. The van der Waals surface area contributed by atoms with E-state index in [-0.39, 0.29) is 12.5 Å². The Morgan fingerprint density at radius 1 is 1.26 bits per heavy atom. The van der Waals surface area contributed by atoms with Crippen molar-refractivity contribution in [3.05, 3.63) is 53.0 Å². The Hall–Kier alpha value is -1.92. The summed E-state index contributed by atoms with van der Waals surface area (Å²) >= 11 is 0. The molecule has 1 aromatic rings. The van der Waals surface area contributed by atoms with Crippen LogP contribution in [0.15, 0.2) is 41.8 Å². The van der Waals surface area contributed by atoms with Gasteiger partial charge in [-0.1, -0.05) is 48.4 Å². The summed E-state index contributed by atoms with van der Waals surface area (Å²) in [5.74, 6) is -0.424. The van der Waals surface area contributed by atoms with Gasteiger partial charge in [0.25, 0.3) is 0 Å². The number of carbonyl (C=O) groups is 1. The van der Waals surface area contributed by atoms with Gasteiger partial charge in [-0.15, -0.1) is 0 Å². The predicted octanol–water partition coefficient (Wildman–Crippen LogP) is 4.26. The van der Waals surface area contributed by atoms with E-state index in [2.05, 4.69) is 10.8 Å². The van der Waals surface area contributed by atoms with E-state index >= 15 is 0 Å². The number of aliphatic carboxylic acids is 1. The van der Waals surface area contributed by atoms with Crippen LogP contribution in [-0.4, -0.2) is 25.5 Å². The summed E-state index contributed by atoms with van der Waals surface area (Å²) < 4.78 is 27.5. The smallest absolute Gasteiger partial charge is 0.303 e. The first-order chi connectivity index (χ1) is 12.8. The molecule has 2 atom stereocenters. The lowest BCUT2D eigenvalue weighted by atomic mass is 9.86. The number of allylic oxidation sites excluding steroid dienone is 2. The number of nitrogens with one attached hydrogen (secondary N) is 1. The van der Waals surface area contributed by atoms with Crippen LogP contribution in [0, 0.1) is 12.8 Å². The average molecular weight is 392 g/mol. The van der Waals surface area contributed by atoms with E-state index in [1.54, 1.807) is 6.08 Å². The zero-order chi connectivity index (χ0) is 19.7. The fourth-order valence-electron chi connectivity index (χ4n) is 3.29. The first-order valence-electron chi connectivity index (χ1n) is 9.49. The molecule has 2 N–H and O–H groups in total. The highest BCUT2D eigenvalue weighted by Crippen LogP contribution is 2.26. The number of aryl methyl sites for hydroxylation is 1. The van der Waals surface area contributed by atoms with Gasteiger partial charge in [0.05, 0.1) is 0 Å². The van der Waals surface area contributed by atoms with E-state index in [9.17, 15) is 13.2 Å². The van der Waals surface area contributed by atoms with Gasteiger partial charge < -0.3 is 5.11 Å². The summed E-state index contributed by atoms with van der Waals surface area (Å²) in [5.41, 5.74) is 1.99. The fourth-order valence-corrected chi connectivity index (χ4v) is 4.38. The van der Waals surface area contributed by atoms with Gasteiger partial charge in [0.2, 0.25) is 10.0 Å². The van der Waals surface area contributed by atoms with Crippen molar-refractivity contribution in [3.8, 4) is 0 Å². The van der Waals surface area contributed by atoms with Gasteiger partial charge in [0.1, 0.15) is 0 Å². The minimum atomic E-state index is -3.47. The third-order valence-electron chi connectivity index (χ3n) is 4.73. The molecule has 0 radical (unpaired) electrons. The number of hydrogen-bond donors (Lipinski definition) is 2. The molecule has 0 aromatic heterocycles. The molecule has 1 aliphatic carbocycles. The summed E-state index contributed by atoms with van der Waals surface area (Å²) in [6, 6.07) is 7.64. The van der Waals surface area contributed by atoms with Crippen LogP contribution in [-0.2, 0) is 14.8 Å². The van der Waals surface area contributed by atoms with Crippen LogP contribution in [0.4, 0.5) is 0 Å². The summed E-state index contributed by atoms with van der Waals surface area (Å²) in [6.45, 7) is 1.99. The van der Waals surface area contributed by atoms with Crippen LogP contribution in [0.3, 0.4) is 0 Å². The summed E-state index contributed by atoms with van der Waals surface area (Å²) in [4.78, 5) is 10.5. The fraction of sp³-hybridized carbons (Fsp3) is 0.476. The highest BCUT2D eigenvalue weighted by atomic mass is 32.2. The molecular formula is C21H29NO4S. The number of unbranched alkanes of at least 4 members (excludes halogenated alkanes) is 1. The van der Waals surface area contributed by atoms with E-state index in [1.807, 2.05) is 37.3 Å². The van der Waals surface area contributed by atoms with Crippen LogP contribution in [0.5, 0.6) is 0 Å². The molecule has 0 bridgehead atoms. The monoisotopic (exact) mass is 391 g/mol. The molecule has 1 saturated carbocycles. The zero-order valence-corrected chi connectivity index (χ0v) is 16.6. The van der Waals surface area contributed by atoms with E-state index < -0.39 is 16.0 Å². The maximum atomic E-state index is 12.3. The lowest BCUT2D eigenvalue weighted by Gasteiger charge is -2.27. The molecule has 148 valence electrons. The van der Waals surface area contributed by atoms with Gasteiger partial charge in [-0.25, -0.2) is 13.1 Å². The van der Waals surface area contributed by atoms with Gasteiger partial charge in [0, 0.05) is 17.9 Å². The second-order valence-electron chi connectivity index (χ2n) is 7.21. The lowest BCUT2D eigenvalue weighted by Crippen LogP contribution is -2.37. The first-order valence-corrected chi connectivity index (χ1v) is 11.0. The quantitative estimate of drug-likeness (QED) is 0.487. The number of carboxylic acid groups (broad SMARTS) is 1. The van der Waals surface area contributed by atoms with Crippen molar-refractivity contribution < 1.29 is 18.3 Å². The topological polar surface area (TPSA) is 83.5 Å². The maximum Gasteiger partial charge on any atom is 0.303 e. The SMILES string of the molecule is Cc1ccc(/C=C/S(=O)(=O)NC2CCCC(/C=C/CCCC(=O)O)C2)cc1. The number of hydrogen-bond acceptors (Lipinski definition) is 3. The number of carboxylic acids is 1. The maximum absolute atomic E-state index is 12.3. The molecule has 0 amide bonds. The number of benzene rings is 1. The van der Waals surface area contributed by atoms with Crippen LogP contribution >= 0.6 is 0 Å². The largest absolute Gasteiger partial charge is 0.481 e. The zero-order valence-electron chi connectivity index (χ0n) is 15.8. The molecule has 6 heteroatoms. The second kappa shape index (κ2) is 10.4. The minimum Gasteiger partial charge on any atom is -0.481 e. The Kier molecular flexibility index (Phi) is 8.25. The molecule has 5 nitrogen and oxygen atoms in total. The Labute approximate surface area is 162 Å². The molecule has 1 fully saturated rings. The van der Waals surface area contributed by atoms with Crippen molar-refractivity contribution in [3.63, 3.8) is 0 Å². The summed E-state index contributed by atoms with van der Waals surface area (Å²) in [7, 11) is -3.47. The molecule has 27 heavy (non-hydrogen) atoms. The first kappa shape index (κ1) is 21.4. The van der Waals surface area contributed by atoms with E-state index in [4.69, 9.17) is 5.11 Å². The lowest BCUT2D eigenvalue weighted by molar-refractivity contribution is -0.137. The van der Waals surface area contributed by atoms with Crippen LogP contribution in [0.1, 0.15) is 56.1 Å². The van der Waals surface area contributed by atoms with Crippen LogP contribution in [0.25, 0.3) is 6.08 Å². The second-order valence-corrected chi connectivity index (χ2v) is 8.81. The molecular weight excluding hydrogens is 362 g/mol. The van der Waals surface area contributed by atoms with Crippen molar-refractivity contribution >= 4 is 22.1 Å². The van der Waals surface area contributed by atoms with Crippen molar-refractivity contribution in [2.75, 3.05) is 0 Å². The van der Waals surface area contributed by atoms with Crippen molar-refractivity contribution in [1.82, 2.24) is 4.72 Å². The van der Waals surface area contributed by atoms with Gasteiger partial charge in [-0.05, 0) is 56.6 Å². The Balaban J connectivity index is 1.83. The molecule has 0 aliphatic heterocycles. The standard InChI is InChI=1S/C21H29NO4S/c1-17-10-12-18(13-11-17)14-15-27(25,26)22-20-8-5-7-19(16-20)6-3-2-4-9-21(23)24/h3,6,10-15,19-20,22H,2,4-5,7-9,16H2,1H3,(H,23,24)/b6-3+,15-14+. The van der Waals surface area contributed by atoms with E-state index in [0.29, 0.717) is 12.3 Å². The third kappa shape index (κ3) is 8.54. The summed E-state index contributed by atoms with van der Waals surface area (Å²) in [6.07, 6.45) is 11.0. The Morgan fingerprint density at radius 2 is 2.00 bits per heavy atom. The predicted molar refractivity (Wildman–Crippen MR) is 109 cm³/mol. The van der Waals surface area contributed by atoms with Crippen molar-refractivity contribution in [2.24, 2.45) is 5.92 Å². The molecule has 0 heterocycles. The van der Waals surface area contributed by atoms with Crippen LogP contribution in [0.2, 0.25) is 0 Å². The number of sulfonamides is 1. The Morgan fingerprint density at radius 3 is 2.70 bits per heavy atom. The van der Waals surface area contributed by atoms with Crippen LogP contribution < -0.4 is 4.72 Å². The molecule has 0 saturated heterocycles. The third-order valence-corrected chi connectivity index (χ3v) is 5.89. The van der Waals surface area contributed by atoms with Gasteiger partial charge in [-0.2, -0.15) is 0 Å². The number of rotatable bonds is 9. The molecule has 1 aliphatic rings. The van der Waals surface area contributed by atoms with Crippen molar-refractivity contribution in [2.45, 2.75) is 57.9 Å². The minimum absolute atomic E-state index is 0.0555. The van der Waals surface area contributed by atoms with E-state index in [0.717, 1.165) is 43.2 Å². The molecule has 0 spiro atoms. The van der Waals surface area contributed by atoms with Gasteiger partial charge >= 0.3 is 5.97 Å². The van der Waals surface area contributed by atoms with Crippen molar-refractivity contribution in [1.29, 1.82) is 0 Å². The molecule has 2 unspecified atom stereocenters. The van der Waals surface area contributed by atoms with Gasteiger partial charge in [0.15, 0.2) is 0 Å². The van der Waals surface area contributed by atoms with Gasteiger partial charge in [-0.3, -0.25) is 4.79 Å². The average Bonchev–Trinajstić information content (AvgIpc) is 2.61.